The molecule has 0 aliphatic rings. The van der Waals surface area contributed by atoms with Gasteiger partial charge < -0.3 is 28.4 Å². The topological polar surface area (TPSA) is 141 Å². The number of rotatable bonds is 12. The van der Waals surface area contributed by atoms with E-state index in [1.165, 1.54) is 0 Å². The van der Waals surface area contributed by atoms with Crippen molar-refractivity contribution in [2.75, 3.05) is 13.2 Å². The molecular weight excluding hydrogens is 440 g/mol. The van der Waals surface area contributed by atoms with Crippen LogP contribution in [0.15, 0.2) is 30.3 Å². The van der Waals surface area contributed by atoms with E-state index in [0.717, 1.165) is 34.6 Å². The lowest BCUT2D eigenvalue weighted by molar-refractivity contribution is -0.204. The first-order chi connectivity index (χ1) is 15.5. The molecule has 0 amide bonds. The Balaban J connectivity index is 3.37. The van der Waals surface area contributed by atoms with E-state index < -0.39 is 60.9 Å². The lowest BCUT2D eigenvalue weighted by atomic mass is 10.0. The van der Waals surface area contributed by atoms with E-state index in [1.54, 1.807) is 30.3 Å². The number of ether oxygens (including phenoxy) is 6. The minimum absolute atomic E-state index is 0.306. The maximum atomic E-state index is 11.9. The van der Waals surface area contributed by atoms with Gasteiger partial charge in [-0.2, -0.15) is 0 Å². The van der Waals surface area contributed by atoms with Crippen LogP contribution in [0, 0.1) is 0 Å². The van der Waals surface area contributed by atoms with Crippen molar-refractivity contribution in [3.63, 3.8) is 0 Å². The van der Waals surface area contributed by atoms with Gasteiger partial charge in [0.15, 0.2) is 24.4 Å². The van der Waals surface area contributed by atoms with Gasteiger partial charge in [0.05, 0.1) is 0 Å². The minimum Gasteiger partial charge on any atom is -0.490 e. The molecule has 0 unspecified atom stereocenters. The van der Waals surface area contributed by atoms with Gasteiger partial charge in [-0.05, 0) is 12.1 Å². The maximum absolute atomic E-state index is 11.9. The van der Waals surface area contributed by atoms with Gasteiger partial charge in [0.1, 0.15) is 19.0 Å². The molecule has 1 aromatic carbocycles. The number of para-hydroxylation sites is 1. The fourth-order valence-electron chi connectivity index (χ4n) is 2.81. The van der Waals surface area contributed by atoms with Crippen LogP contribution in [-0.4, -0.2) is 67.5 Å². The van der Waals surface area contributed by atoms with Crippen molar-refractivity contribution in [2.45, 2.75) is 59.0 Å². The van der Waals surface area contributed by atoms with Crippen LogP contribution >= 0.6 is 0 Å². The second-order valence-electron chi connectivity index (χ2n) is 6.87. The molecule has 0 aromatic heterocycles. The zero-order valence-corrected chi connectivity index (χ0v) is 19.1. The van der Waals surface area contributed by atoms with Gasteiger partial charge in [-0.3, -0.25) is 24.0 Å². The van der Waals surface area contributed by atoms with E-state index in [9.17, 15) is 24.0 Å². The third-order valence-corrected chi connectivity index (χ3v) is 3.90. The van der Waals surface area contributed by atoms with Crippen LogP contribution in [0.4, 0.5) is 0 Å². The molecule has 11 heteroatoms. The highest BCUT2D eigenvalue weighted by atomic mass is 16.6. The van der Waals surface area contributed by atoms with E-state index in [4.69, 9.17) is 28.4 Å². The normalized spacial score (nSPS) is 14.0. The average Bonchev–Trinajstić information content (AvgIpc) is 2.71. The van der Waals surface area contributed by atoms with Gasteiger partial charge in [-0.25, -0.2) is 0 Å². The van der Waals surface area contributed by atoms with Crippen LogP contribution in [-0.2, 0) is 47.7 Å². The number of hydrogen-bond acceptors (Lipinski definition) is 11. The molecule has 182 valence electrons. The molecule has 0 aliphatic heterocycles. The zero-order chi connectivity index (χ0) is 25.0. The predicted octanol–water partition coefficient (Wildman–Crippen LogP) is 1.36. The molecule has 0 radical (unpaired) electrons. The highest BCUT2D eigenvalue weighted by molar-refractivity contribution is 5.69. The molecule has 0 spiro atoms. The summed E-state index contributed by atoms with van der Waals surface area (Å²) in [6.07, 6.45) is -5.64. The summed E-state index contributed by atoms with van der Waals surface area (Å²) >= 11 is 0. The van der Waals surface area contributed by atoms with E-state index in [1.807, 2.05) is 0 Å². The quantitative estimate of drug-likeness (QED) is 0.324. The molecule has 0 saturated carbocycles. The first kappa shape index (κ1) is 27.4. The summed E-state index contributed by atoms with van der Waals surface area (Å²) in [5.41, 5.74) is 0. The van der Waals surface area contributed by atoms with Crippen molar-refractivity contribution >= 4 is 29.8 Å². The van der Waals surface area contributed by atoms with Gasteiger partial charge in [0, 0.05) is 34.6 Å². The third kappa shape index (κ3) is 11.0. The van der Waals surface area contributed by atoms with Crippen molar-refractivity contribution in [2.24, 2.45) is 0 Å². The molecule has 0 fully saturated rings. The molecule has 33 heavy (non-hydrogen) atoms. The van der Waals surface area contributed by atoms with Crippen LogP contribution in [0.1, 0.15) is 34.6 Å². The highest BCUT2D eigenvalue weighted by Gasteiger charge is 2.44. The fraction of sp³-hybridized carbons (Fsp3) is 0.500. The first-order valence-corrected chi connectivity index (χ1v) is 9.99. The van der Waals surface area contributed by atoms with Crippen molar-refractivity contribution < 1.29 is 52.4 Å². The van der Waals surface area contributed by atoms with Crippen LogP contribution < -0.4 is 4.74 Å². The molecule has 11 nitrogen and oxygen atoms in total. The average molecular weight is 468 g/mol. The SMILES string of the molecule is CC(=O)OC[C@@H](OC(C)=O)[C@@H](OC(C)=O)[C@H](OC(C)=O)[C@@H](COc1ccccc1)OC(C)=O. The summed E-state index contributed by atoms with van der Waals surface area (Å²) in [5, 5.41) is 0. The van der Waals surface area contributed by atoms with Crippen LogP contribution in [0.2, 0.25) is 0 Å². The standard InChI is InChI=1S/C22H28O11/c1-13(23)28-11-19(30-14(2)24)21(32-16(4)26)22(33-17(5)27)20(31-15(3)25)12-29-18-9-7-6-8-10-18/h6-10,19-22H,11-12H2,1-5H3/t19-,20-,21-,22-/m1/s1. The summed E-state index contributed by atoms with van der Waals surface area (Å²) in [6, 6.07) is 8.51. The van der Waals surface area contributed by atoms with E-state index in [-0.39, 0.29) is 6.61 Å². The Morgan fingerprint density at radius 2 is 1.03 bits per heavy atom. The van der Waals surface area contributed by atoms with Crippen molar-refractivity contribution in [1.29, 1.82) is 0 Å². The smallest absolute Gasteiger partial charge is 0.303 e. The molecule has 1 aromatic rings. The Bertz CT molecular complexity index is 821. The number of benzene rings is 1. The summed E-state index contributed by atoms with van der Waals surface area (Å²) in [7, 11) is 0. The van der Waals surface area contributed by atoms with E-state index in [0.29, 0.717) is 5.75 Å². The van der Waals surface area contributed by atoms with Gasteiger partial charge in [0.2, 0.25) is 0 Å². The van der Waals surface area contributed by atoms with Gasteiger partial charge in [0.25, 0.3) is 0 Å². The molecule has 0 N–H and O–H groups in total. The monoisotopic (exact) mass is 468 g/mol. The first-order valence-electron chi connectivity index (χ1n) is 9.99. The predicted molar refractivity (Wildman–Crippen MR) is 111 cm³/mol. The highest BCUT2D eigenvalue weighted by Crippen LogP contribution is 2.21. The lowest BCUT2D eigenvalue weighted by Gasteiger charge is -2.35. The summed E-state index contributed by atoms with van der Waals surface area (Å²) in [5.74, 6) is -3.40. The van der Waals surface area contributed by atoms with Crippen molar-refractivity contribution in [3.8, 4) is 5.75 Å². The van der Waals surface area contributed by atoms with Gasteiger partial charge in [-0.15, -0.1) is 0 Å². The van der Waals surface area contributed by atoms with Gasteiger partial charge >= 0.3 is 29.8 Å². The molecule has 0 aliphatic carbocycles. The summed E-state index contributed by atoms with van der Waals surface area (Å²) in [4.78, 5) is 58.5. The molecule has 0 saturated heterocycles. The molecular formula is C22H28O11. The number of carbonyl (C=O) groups excluding carboxylic acids is 5. The molecule has 0 bridgehead atoms. The largest absolute Gasteiger partial charge is 0.490 e. The van der Waals surface area contributed by atoms with Crippen LogP contribution in [0.25, 0.3) is 0 Å². The number of esters is 5. The Kier molecular flexibility index (Phi) is 11.4. The lowest BCUT2D eigenvalue weighted by Crippen LogP contribution is -2.54. The number of hydrogen-bond donors (Lipinski definition) is 0. The molecule has 4 atom stereocenters. The molecule has 0 heterocycles. The summed E-state index contributed by atoms with van der Waals surface area (Å²) in [6.45, 7) is 4.70. The second-order valence-corrected chi connectivity index (χ2v) is 6.87. The van der Waals surface area contributed by atoms with Crippen LogP contribution in [0.5, 0.6) is 5.75 Å². The molecule has 1 rings (SSSR count). The Hall–Kier alpha value is -3.63. The number of carbonyl (C=O) groups is 5. The minimum atomic E-state index is -1.50. The van der Waals surface area contributed by atoms with Crippen LogP contribution in [0.3, 0.4) is 0 Å². The van der Waals surface area contributed by atoms with Gasteiger partial charge in [-0.1, -0.05) is 18.2 Å². The van der Waals surface area contributed by atoms with Crippen molar-refractivity contribution in [1.82, 2.24) is 0 Å². The Labute approximate surface area is 191 Å². The fourth-order valence-corrected chi connectivity index (χ4v) is 2.81. The second kappa shape index (κ2) is 13.7. The Morgan fingerprint density at radius 3 is 1.42 bits per heavy atom. The van der Waals surface area contributed by atoms with E-state index in [2.05, 4.69) is 0 Å². The third-order valence-electron chi connectivity index (χ3n) is 3.90. The van der Waals surface area contributed by atoms with E-state index >= 15 is 0 Å². The van der Waals surface area contributed by atoms with Crippen molar-refractivity contribution in [3.05, 3.63) is 30.3 Å². The zero-order valence-electron chi connectivity index (χ0n) is 19.1. The maximum Gasteiger partial charge on any atom is 0.303 e. The Morgan fingerprint density at radius 1 is 0.606 bits per heavy atom. The summed E-state index contributed by atoms with van der Waals surface area (Å²) < 4.78 is 31.7.